The van der Waals surface area contributed by atoms with Crippen molar-refractivity contribution in [1.29, 1.82) is 0 Å². The molecule has 23 heavy (non-hydrogen) atoms. The first-order chi connectivity index (χ1) is 10.8. The third-order valence-corrected chi connectivity index (χ3v) is 3.93. The number of rotatable bonds is 1. The van der Waals surface area contributed by atoms with Gasteiger partial charge in [-0.3, -0.25) is 9.36 Å². The smallest absolute Gasteiger partial charge is 0.268 e. The van der Waals surface area contributed by atoms with E-state index in [0.717, 1.165) is 0 Å². The van der Waals surface area contributed by atoms with Crippen molar-refractivity contribution in [3.05, 3.63) is 69.5 Å². The second-order valence-electron chi connectivity index (χ2n) is 6.41. The Hall–Kier alpha value is -2.20. The predicted octanol–water partition coefficient (Wildman–Crippen LogP) is 4.48. The highest BCUT2D eigenvalue weighted by Crippen LogP contribution is 2.27. The summed E-state index contributed by atoms with van der Waals surface area (Å²) >= 11 is 6.26. The van der Waals surface area contributed by atoms with Crippen molar-refractivity contribution in [3.8, 4) is 5.69 Å². The van der Waals surface area contributed by atoms with Gasteiger partial charge in [-0.1, -0.05) is 50.6 Å². The van der Waals surface area contributed by atoms with E-state index in [4.69, 9.17) is 11.6 Å². The fourth-order valence-corrected chi connectivity index (χ4v) is 2.77. The van der Waals surface area contributed by atoms with Crippen molar-refractivity contribution in [3.63, 3.8) is 0 Å². The van der Waals surface area contributed by atoms with E-state index in [1.54, 1.807) is 36.4 Å². The number of benzene rings is 2. The zero-order valence-corrected chi connectivity index (χ0v) is 13.9. The molecule has 1 heterocycles. The fourth-order valence-electron chi connectivity index (χ4n) is 2.55. The normalized spacial score (nSPS) is 11.9. The van der Waals surface area contributed by atoms with Crippen LogP contribution in [-0.4, -0.2) is 9.55 Å². The van der Waals surface area contributed by atoms with Crippen LogP contribution in [0, 0.1) is 5.82 Å². The third-order valence-electron chi connectivity index (χ3n) is 3.61. The van der Waals surface area contributed by atoms with Crippen molar-refractivity contribution < 1.29 is 4.39 Å². The van der Waals surface area contributed by atoms with Crippen LogP contribution in [0.2, 0.25) is 5.02 Å². The van der Waals surface area contributed by atoms with Gasteiger partial charge in [-0.25, -0.2) is 9.37 Å². The molecule has 3 aromatic rings. The molecule has 0 atom stereocenters. The Bertz CT molecular complexity index is 957. The molecule has 0 spiro atoms. The van der Waals surface area contributed by atoms with Gasteiger partial charge in [-0.15, -0.1) is 0 Å². The molecule has 0 saturated carbocycles. The Morgan fingerprint density at radius 3 is 2.43 bits per heavy atom. The van der Waals surface area contributed by atoms with Crippen molar-refractivity contribution in [2.45, 2.75) is 26.2 Å². The SMILES string of the molecule is CC(C)(C)c1nc2cccc(F)c2c(=O)n1-c1ccccc1Cl. The first kappa shape index (κ1) is 15.7. The van der Waals surface area contributed by atoms with E-state index in [0.29, 0.717) is 22.1 Å². The zero-order chi connectivity index (χ0) is 16.8. The lowest BCUT2D eigenvalue weighted by molar-refractivity contribution is 0.525. The van der Waals surface area contributed by atoms with Crippen molar-refractivity contribution in [2.24, 2.45) is 0 Å². The highest BCUT2D eigenvalue weighted by Gasteiger charge is 2.25. The van der Waals surface area contributed by atoms with Crippen molar-refractivity contribution >= 4 is 22.5 Å². The van der Waals surface area contributed by atoms with Gasteiger partial charge in [0.2, 0.25) is 0 Å². The minimum absolute atomic E-state index is 0.0274. The summed E-state index contributed by atoms with van der Waals surface area (Å²) < 4.78 is 15.6. The summed E-state index contributed by atoms with van der Waals surface area (Å²) in [7, 11) is 0. The van der Waals surface area contributed by atoms with Gasteiger partial charge in [0.15, 0.2) is 0 Å². The summed E-state index contributed by atoms with van der Waals surface area (Å²) in [6.07, 6.45) is 0. The Labute approximate surface area is 138 Å². The van der Waals surface area contributed by atoms with Gasteiger partial charge < -0.3 is 0 Å². The van der Waals surface area contributed by atoms with Gasteiger partial charge in [-0.2, -0.15) is 0 Å². The maximum Gasteiger partial charge on any atom is 0.269 e. The van der Waals surface area contributed by atoms with Crippen LogP contribution in [-0.2, 0) is 5.41 Å². The minimum Gasteiger partial charge on any atom is -0.268 e. The first-order valence-corrected chi connectivity index (χ1v) is 7.65. The van der Waals surface area contributed by atoms with Gasteiger partial charge in [0.05, 0.1) is 16.2 Å². The summed E-state index contributed by atoms with van der Waals surface area (Å²) in [5.74, 6) is -0.0463. The van der Waals surface area contributed by atoms with E-state index in [1.807, 2.05) is 20.8 Å². The van der Waals surface area contributed by atoms with Crippen molar-refractivity contribution in [2.75, 3.05) is 0 Å². The molecule has 0 bridgehead atoms. The monoisotopic (exact) mass is 330 g/mol. The predicted molar refractivity (Wildman–Crippen MR) is 91.0 cm³/mol. The van der Waals surface area contributed by atoms with Crippen LogP contribution >= 0.6 is 11.6 Å². The Morgan fingerprint density at radius 1 is 1.09 bits per heavy atom. The topological polar surface area (TPSA) is 34.9 Å². The molecule has 0 fully saturated rings. The van der Waals surface area contributed by atoms with Crippen LogP contribution < -0.4 is 5.56 Å². The number of aromatic nitrogens is 2. The van der Waals surface area contributed by atoms with Gasteiger partial charge in [0.25, 0.3) is 5.56 Å². The number of fused-ring (bicyclic) bond motifs is 1. The fraction of sp³-hybridized carbons (Fsp3) is 0.222. The lowest BCUT2D eigenvalue weighted by atomic mass is 9.94. The van der Waals surface area contributed by atoms with E-state index in [9.17, 15) is 9.18 Å². The van der Waals surface area contributed by atoms with E-state index in [-0.39, 0.29) is 5.39 Å². The molecular weight excluding hydrogens is 315 g/mol. The summed E-state index contributed by atoms with van der Waals surface area (Å²) in [6.45, 7) is 5.85. The molecule has 0 radical (unpaired) electrons. The first-order valence-electron chi connectivity index (χ1n) is 7.27. The average molecular weight is 331 g/mol. The number of hydrogen-bond acceptors (Lipinski definition) is 2. The van der Waals surface area contributed by atoms with Crippen LogP contribution in [0.1, 0.15) is 26.6 Å². The molecule has 0 unspecified atom stereocenters. The molecule has 0 amide bonds. The molecular formula is C18H16ClFN2O. The van der Waals surface area contributed by atoms with E-state index < -0.39 is 16.8 Å². The largest absolute Gasteiger partial charge is 0.269 e. The van der Waals surface area contributed by atoms with Gasteiger partial charge >= 0.3 is 0 Å². The lowest BCUT2D eigenvalue weighted by Gasteiger charge is -2.24. The highest BCUT2D eigenvalue weighted by molar-refractivity contribution is 6.32. The lowest BCUT2D eigenvalue weighted by Crippen LogP contribution is -2.31. The molecule has 118 valence electrons. The van der Waals surface area contributed by atoms with Crippen LogP contribution in [0.25, 0.3) is 16.6 Å². The molecule has 5 heteroatoms. The average Bonchev–Trinajstić information content (AvgIpc) is 2.47. The van der Waals surface area contributed by atoms with Gasteiger partial charge in [0.1, 0.15) is 17.0 Å². The maximum atomic E-state index is 14.2. The summed E-state index contributed by atoms with van der Waals surface area (Å²) in [5, 5.41) is 0.387. The van der Waals surface area contributed by atoms with E-state index in [1.165, 1.54) is 10.6 Å². The van der Waals surface area contributed by atoms with Crippen LogP contribution in [0.5, 0.6) is 0 Å². The third kappa shape index (κ3) is 2.63. The molecule has 3 nitrogen and oxygen atoms in total. The maximum absolute atomic E-state index is 14.2. The molecule has 2 aromatic carbocycles. The Morgan fingerprint density at radius 2 is 1.78 bits per heavy atom. The van der Waals surface area contributed by atoms with Gasteiger partial charge in [-0.05, 0) is 24.3 Å². The molecule has 0 saturated heterocycles. The van der Waals surface area contributed by atoms with Crippen LogP contribution in [0.4, 0.5) is 4.39 Å². The summed E-state index contributed by atoms with van der Waals surface area (Å²) in [6, 6.07) is 11.4. The summed E-state index contributed by atoms with van der Waals surface area (Å²) in [5.41, 5.74) is -0.0187. The number of halogens is 2. The second-order valence-corrected chi connectivity index (χ2v) is 6.82. The summed E-state index contributed by atoms with van der Waals surface area (Å²) in [4.78, 5) is 17.5. The molecule has 3 rings (SSSR count). The zero-order valence-electron chi connectivity index (χ0n) is 13.1. The van der Waals surface area contributed by atoms with Crippen LogP contribution in [0.3, 0.4) is 0 Å². The molecule has 0 aliphatic carbocycles. The van der Waals surface area contributed by atoms with E-state index in [2.05, 4.69) is 4.98 Å². The van der Waals surface area contributed by atoms with E-state index >= 15 is 0 Å². The minimum atomic E-state index is -0.582. The number of nitrogens with zero attached hydrogens (tertiary/aromatic N) is 2. The van der Waals surface area contributed by atoms with Crippen molar-refractivity contribution in [1.82, 2.24) is 9.55 Å². The Kier molecular flexibility index (Phi) is 3.72. The molecule has 0 aliphatic rings. The quantitative estimate of drug-likeness (QED) is 0.659. The standard InChI is InChI=1S/C18H16ClFN2O/c1-18(2,3)17-21-13-9-6-8-12(20)15(13)16(23)22(17)14-10-5-4-7-11(14)19/h4-10H,1-3H3. The molecule has 1 aromatic heterocycles. The van der Waals surface area contributed by atoms with Crippen LogP contribution in [0.15, 0.2) is 47.3 Å². The second kappa shape index (κ2) is 5.46. The van der Waals surface area contributed by atoms with Gasteiger partial charge in [0, 0.05) is 5.41 Å². The Balaban J connectivity index is 2.53. The molecule has 0 N–H and O–H groups in total. The molecule has 0 aliphatic heterocycles. The highest BCUT2D eigenvalue weighted by atomic mass is 35.5. The number of para-hydroxylation sites is 1. The number of hydrogen-bond donors (Lipinski definition) is 0.